The van der Waals surface area contributed by atoms with E-state index in [1.165, 1.54) is 36.4 Å². The van der Waals surface area contributed by atoms with Gasteiger partial charge in [-0.1, -0.05) is 25.0 Å². The molecule has 6 N–H and O–H groups in total. The number of carbonyl (C=O) groups excluding carboxylic acids is 3. The minimum atomic E-state index is -4.66. The minimum Gasteiger partial charge on any atom is -0.350 e. The first-order chi connectivity index (χ1) is 17.3. The van der Waals surface area contributed by atoms with E-state index in [0.717, 1.165) is 25.0 Å². The number of nitrogens with one attached hydrogen (secondary N) is 4. The van der Waals surface area contributed by atoms with Gasteiger partial charge in [-0.15, -0.1) is 0 Å². The lowest BCUT2D eigenvalue weighted by Gasteiger charge is -2.33. The third kappa shape index (κ3) is 7.92. The molecular formula is C23H26F3N5O5S. The number of urea groups is 1. The van der Waals surface area contributed by atoms with Crippen LogP contribution in [-0.2, 0) is 21.0 Å². The fourth-order valence-electron chi connectivity index (χ4n) is 3.95. The normalized spacial score (nSPS) is 17.9. The van der Waals surface area contributed by atoms with Crippen LogP contribution in [0.2, 0.25) is 0 Å². The van der Waals surface area contributed by atoms with Gasteiger partial charge in [-0.05, 0) is 49.2 Å². The number of amides is 4. The minimum absolute atomic E-state index is 0.134. The first kappa shape index (κ1) is 27.9. The van der Waals surface area contributed by atoms with Crippen LogP contribution in [0.5, 0.6) is 0 Å². The summed E-state index contributed by atoms with van der Waals surface area (Å²) in [5, 5.41) is 14.9. The monoisotopic (exact) mass is 541 g/mol. The number of nitrogens with two attached hydrogens (primary N) is 1. The fraction of sp³-hybridized carbons (Fsp3) is 0.348. The van der Waals surface area contributed by atoms with E-state index >= 15 is 0 Å². The summed E-state index contributed by atoms with van der Waals surface area (Å²) in [5.41, 5.74) is -1.25. The highest BCUT2D eigenvalue weighted by Crippen LogP contribution is 2.34. The van der Waals surface area contributed by atoms with Gasteiger partial charge in [0, 0.05) is 17.6 Å². The molecular weight excluding hydrogens is 515 g/mol. The summed E-state index contributed by atoms with van der Waals surface area (Å²) < 4.78 is 62.0. The first-order valence-electron chi connectivity index (χ1n) is 11.3. The summed E-state index contributed by atoms with van der Waals surface area (Å²) in [4.78, 5) is 37.0. The number of anilines is 1. The molecule has 1 aliphatic rings. The zero-order chi connectivity index (χ0) is 27.2. The summed E-state index contributed by atoms with van der Waals surface area (Å²) in [5.74, 6) is -1.05. The number of halogens is 3. The van der Waals surface area contributed by atoms with Gasteiger partial charge in [-0.2, -0.15) is 13.2 Å². The molecule has 1 saturated carbocycles. The Bertz CT molecular complexity index is 1250. The van der Waals surface area contributed by atoms with Gasteiger partial charge in [-0.25, -0.2) is 18.4 Å². The van der Waals surface area contributed by atoms with Crippen molar-refractivity contribution in [1.29, 1.82) is 0 Å². The van der Waals surface area contributed by atoms with Crippen molar-refractivity contribution < 1.29 is 36.0 Å². The largest absolute Gasteiger partial charge is 0.418 e. The van der Waals surface area contributed by atoms with Gasteiger partial charge in [0.15, 0.2) is 0 Å². The Labute approximate surface area is 211 Å². The van der Waals surface area contributed by atoms with Crippen LogP contribution < -0.4 is 26.4 Å². The Balaban J connectivity index is 1.53. The summed E-state index contributed by atoms with van der Waals surface area (Å²) in [6.45, 7) is -0.494. The van der Waals surface area contributed by atoms with E-state index in [1.807, 2.05) is 0 Å². The maximum Gasteiger partial charge on any atom is 0.418 e. The molecule has 1 aliphatic carbocycles. The number of hydrogen-bond acceptors (Lipinski definition) is 5. The molecule has 2 atom stereocenters. The van der Waals surface area contributed by atoms with Crippen molar-refractivity contribution in [2.24, 2.45) is 5.14 Å². The molecule has 2 unspecified atom stereocenters. The SMILES string of the molecule is NS(=O)(=O)c1ccc(C(=O)NC2CCCCC2NC(=O)CNC(=O)Nc2ccccc2C(F)(F)F)cc1. The van der Waals surface area contributed by atoms with Gasteiger partial charge >= 0.3 is 12.2 Å². The Morgan fingerprint density at radius 3 is 2.11 bits per heavy atom. The number of hydrogen-bond donors (Lipinski definition) is 5. The molecule has 2 aromatic rings. The molecule has 37 heavy (non-hydrogen) atoms. The van der Waals surface area contributed by atoms with Crippen molar-refractivity contribution in [3.05, 3.63) is 59.7 Å². The second-order valence-electron chi connectivity index (χ2n) is 8.46. The van der Waals surface area contributed by atoms with Gasteiger partial charge < -0.3 is 21.3 Å². The van der Waals surface area contributed by atoms with E-state index < -0.39 is 63.9 Å². The van der Waals surface area contributed by atoms with Crippen molar-refractivity contribution in [3.8, 4) is 0 Å². The lowest BCUT2D eigenvalue weighted by Crippen LogP contribution is -2.54. The number of sulfonamides is 1. The number of para-hydroxylation sites is 1. The lowest BCUT2D eigenvalue weighted by atomic mass is 9.90. The quantitative estimate of drug-likeness (QED) is 0.363. The van der Waals surface area contributed by atoms with E-state index in [2.05, 4.69) is 21.3 Å². The predicted octanol–water partition coefficient (Wildman–Crippen LogP) is 2.33. The molecule has 0 radical (unpaired) electrons. The molecule has 2 aromatic carbocycles. The van der Waals surface area contributed by atoms with Crippen LogP contribution in [0.3, 0.4) is 0 Å². The molecule has 0 saturated heterocycles. The predicted molar refractivity (Wildman–Crippen MR) is 128 cm³/mol. The third-order valence-corrected chi connectivity index (χ3v) is 6.69. The molecule has 1 fully saturated rings. The van der Waals surface area contributed by atoms with Crippen LogP contribution in [0.4, 0.5) is 23.7 Å². The topological polar surface area (TPSA) is 159 Å². The Morgan fingerprint density at radius 2 is 1.51 bits per heavy atom. The van der Waals surface area contributed by atoms with E-state index in [4.69, 9.17) is 5.14 Å². The number of alkyl halides is 3. The van der Waals surface area contributed by atoms with Gasteiger partial charge in [0.2, 0.25) is 15.9 Å². The van der Waals surface area contributed by atoms with Crippen LogP contribution in [0, 0.1) is 0 Å². The van der Waals surface area contributed by atoms with Crippen molar-refractivity contribution in [2.75, 3.05) is 11.9 Å². The van der Waals surface area contributed by atoms with Crippen molar-refractivity contribution in [3.63, 3.8) is 0 Å². The zero-order valence-electron chi connectivity index (χ0n) is 19.5. The molecule has 0 heterocycles. The fourth-order valence-corrected chi connectivity index (χ4v) is 4.46. The highest BCUT2D eigenvalue weighted by molar-refractivity contribution is 7.89. The zero-order valence-corrected chi connectivity index (χ0v) is 20.3. The average Bonchev–Trinajstić information content (AvgIpc) is 2.83. The smallest absolute Gasteiger partial charge is 0.350 e. The number of benzene rings is 2. The number of rotatable bonds is 7. The van der Waals surface area contributed by atoms with Crippen LogP contribution >= 0.6 is 0 Å². The molecule has 10 nitrogen and oxygen atoms in total. The molecule has 3 rings (SSSR count). The number of primary sulfonamides is 1. The van der Waals surface area contributed by atoms with Gasteiger partial charge in [0.05, 0.1) is 22.7 Å². The van der Waals surface area contributed by atoms with Crippen LogP contribution in [0.15, 0.2) is 53.4 Å². The lowest BCUT2D eigenvalue weighted by molar-refractivity contribution is -0.137. The standard InChI is InChI=1S/C23H26F3N5O5S/c24-23(25,26)16-5-1-2-6-17(16)31-22(34)28-13-20(32)29-18-7-3-4-8-19(18)30-21(33)14-9-11-15(12-10-14)37(27,35)36/h1-2,5-6,9-12,18-19H,3-4,7-8,13H2,(H,29,32)(H,30,33)(H2,27,35,36)(H2,28,31,34). The Morgan fingerprint density at radius 1 is 0.919 bits per heavy atom. The summed E-state index contributed by atoms with van der Waals surface area (Å²) in [6, 6.07) is 7.69. The van der Waals surface area contributed by atoms with Gasteiger partial charge in [0.1, 0.15) is 0 Å². The second kappa shape index (κ2) is 11.6. The van der Waals surface area contributed by atoms with Crippen LogP contribution in [-0.4, -0.2) is 44.9 Å². The second-order valence-corrected chi connectivity index (χ2v) is 10.0. The summed E-state index contributed by atoms with van der Waals surface area (Å²) in [6.07, 6.45) is -1.92. The van der Waals surface area contributed by atoms with Crippen molar-refractivity contribution in [2.45, 2.75) is 48.8 Å². The third-order valence-electron chi connectivity index (χ3n) is 5.76. The van der Waals surface area contributed by atoms with Crippen molar-refractivity contribution >= 4 is 33.6 Å². The highest BCUT2D eigenvalue weighted by atomic mass is 32.2. The molecule has 14 heteroatoms. The molecule has 4 amide bonds. The average molecular weight is 542 g/mol. The van der Waals surface area contributed by atoms with E-state index in [-0.39, 0.29) is 10.5 Å². The molecule has 0 aromatic heterocycles. The van der Waals surface area contributed by atoms with E-state index in [1.54, 1.807) is 0 Å². The molecule has 0 aliphatic heterocycles. The molecule has 0 bridgehead atoms. The number of carbonyl (C=O) groups is 3. The van der Waals surface area contributed by atoms with E-state index in [0.29, 0.717) is 12.8 Å². The summed E-state index contributed by atoms with van der Waals surface area (Å²) >= 11 is 0. The maximum absolute atomic E-state index is 13.1. The van der Waals surface area contributed by atoms with Gasteiger partial charge in [-0.3, -0.25) is 9.59 Å². The van der Waals surface area contributed by atoms with Gasteiger partial charge in [0.25, 0.3) is 5.91 Å². The summed E-state index contributed by atoms with van der Waals surface area (Å²) in [7, 11) is -3.90. The van der Waals surface area contributed by atoms with Crippen LogP contribution in [0.25, 0.3) is 0 Å². The Kier molecular flexibility index (Phi) is 8.76. The van der Waals surface area contributed by atoms with E-state index in [9.17, 15) is 36.0 Å². The highest BCUT2D eigenvalue weighted by Gasteiger charge is 2.33. The first-order valence-corrected chi connectivity index (χ1v) is 12.8. The maximum atomic E-state index is 13.1. The molecule has 0 spiro atoms. The Hall–Kier alpha value is -3.65. The van der Waals surface area contributed by atoms with Crippen LogP contribution in [0.1, 0.15) is 41.6 Å². The van der Waals surface area contributed by atoms with Crippen molar-refractivity contribution in [1.82, 2.24) is 16.0 Å². The molecule has 200 valence electrons.